The number of hydrogen-bond acceptors (Lipinski definition) is 4. The van der Waals surface area contributed by atoms with Crippen molar-refractivity contribution in [2.24, 2.45) is 4.99 Å². The molecule has 0 aromatic heterocycles. The van der Waals surface area contributed by atoms with Gasteiger partial charge < -0.3 is 10.6 Å². The number of hydrogen-bond donors (Lipinski definition) is 2. The molecule has 8 heteroatoms. The molecule has 0 atom stereocenters. The van der Waals surface area contributed by atoms with Crippen LogP contribution in [-0.2, 0) is 10.0 Å². The average Bonchev–Trinajstić information content (AvgIpc) is 2.43. The zero-order valence-corrected chi connectivity index (χ0v) is 12.7. The molecule has 1 rings (SSSR count). The van der Waals surface area contributed by atoms with Crippen molar-refractivity contribution in [1.82, 2.24) is 14.9 Å². The second kappa shape index (κ2) is 8.30. The molecule has 6 nitrogen and oxygen atoms in total. The van der Waals surface area contributed by atoms with E-state index in [9.17, 15) is 8.42 Å². The number of thioether (sulfide) groups is 1. The Labute approximate surface area is 119 Å². The second-order valence-electron chi connectivity index (χ2n) is 3.88. The van der Waals surface area contributed by atoms with Gasteiger partial charge in [-0.25, -0.2) is 12.7 Å². The fourth-order valence-electron chi connectivity index (χ4n) is 1.61. The zero-order chi connectivity index (χ0) is 14.1. The molecule has 108 valence electrons. The third kappa shape index (κ3) is 5.72. The fourth-order valence-corrected chi connectivity index (χ4v) is 4.10. The molecule has 1 saturated heterocycles. The van der Waals surface area contributed by atoms with Gasteiger partial charge in [-0.1, -0.05) is 5.92 Å². The van der Waals surface area contributed by atoms with Crippen LogP contribution in [0, 0.1) is 12.3 Å². The number of guanidine groups is 1. The largest absolute Gasteiger partial charge is 0.355 e. The van der Waals surface area contributed by atoms with E-state index in [1.54, 1.807) is 23.1 Å². The minimum atomic E-state index is -3.17. The maximum Gasteiger partial charge on any atom is 0.215 e. The summed E-state index contributed by atoms with van der Waals surface area (Å²) in [5, 5.41) is 5.81. The highest BCUT2D eigenvalue weighted by atomic mass is 32.2. The highest BCUT2D eigenvalue weighted by Gasteiger charge is 2.23. The molecule has 19 heavy (non-hydrogen) atoms. The Kier molecular flexibility index (Phi) is 7.05. The summed E-state index contributed by atoms with van der Waals surface area (Å²) < 4.78 is 25.7. The number of aliphatic imine (C=N–C) groups is 1. The molecule has 0 aromatic carbocycles. The van der Waals surface area contributed by atoms with E-state index in [2.05, 4.69) is 21.5 Å². The van der Waals surface area contributed by atoms with Gasteiger partial charge in [0.25, 0.3) is 0 Å². The summed E-state index contributed by atoms with van der Waals surface area (Å²) >= 11 is 1.79. The molecule has 0 spiro atoms. The topological polar surface area (TPSA) is 73.8 Å². The minimum absolute atomic E-state index is 0.0639. The molecule has 0 saturated carbocycles. The third-order valence-corrected chi connectivity index (χ3v) is 5.41. The number of rotatable bonds is 5. The van der Waals surface area contributed by atoms with Crippen LogP contribution in [0.2, 0.25) is 0 Å². The van der Waals surface area contributed by atoms with E-state index in [0.29, 0.717) is 32.1 Å². The average molecular weight is 304 g/mol. The van der Waals surface area contributed by atoms with Gasteiger partial charge in [-0.05, 0) is 0 Å². The van der Waals surface area contributed by atoms with E-state index in [0.717, 1.165) is 11.5 Å². The molecule has 0 aliphatic carbocycles. The lowest BCUT2D eigenvalue weighted by Gasteiger charge is -2.25. The first kappa shape index (κ1) is 16.1. The highest BCUT2D eigenvalue weighted by Crippen LogP contribution is 2.12. The Morgan fingerprint density at radius 1 is 1.42 bits per heavy atom. The molecular weight excluding hydrogens is 284 g/mol. The van der Waals surface area contributed by atoms with Crippen molar-refractivity contribution in [3.63, 3.8) is 0 Å². The summed E-state index contributed by atoms with van der Waals surface area (Å²) in [6.07, 6.45) is 5.13. The predicted molar refractivity (Wildman–Crippen MR) is 80.9 cm³/mol. The smallest absolute Gasteiger partial charge is 0.215 e. The molecule has 0 bridgehead atoms. The molecule has 0 radical (unpaired) electrons. The summed E-state index contributed by atoms with van der Waals surface area (Å²) in [5.41, 5.74) is 0. The van der Waals surface area contributed by atoms with Crippen LogP contribution in [0.25, 0.3) is 0 Å². The lowest BCUT2D eigenvalue weighted by atomic mass is 10.6. The molecule has 1 aliphatic heterocycles. The van der Waals surface area contributed by atoms with Crippen molar-refractivity contribution in [1.29, 1.82) is 0 Å². The van der Waals surface area contributed by atoms with Gasteiger partial charge in [-0.15, -0.1) is 6.42 Å². The number of terminal acetylenes is 1. The van der Waals surface area contributed by atoms with Crippen LogP contribution in [0.5, 0.6) is 0 Å². The summed E-state index contributed by atoms with van der Waals surface area (Å²) in [4.78, 5) is 3.94. The van der Waals surface area contributed by atoms with Crippen LogP contribution in [0.15, 0.2) is 4.99 Å². The Morgan fingerprint density at radius 3 is 2.68 bits per heavy atom. The molecule has 0 aromatic rings. The Hall–Kier alpha value is -0.910. The number of nitrogens with one attached hydrogen (secondary N) is 2. The van der Waals surface area contributed by atoms with Gasteiger partial charge >= 0.3 is 0 Å². The maximum atomic E-state index is 12.1. The normalized spacial score (nSPS) is 17.8. The summed E-state index contributed by atoms with van der Waals surface area (Å²) in [6, 6.07) is 0. The first-order valence-corrected chi connectivity index (χ1v) is 8.80. The van der Waals surface area contributed by atoms with Gasteiger partial charge in [-0.2, -0.15) is 11.8 Å². The third-order valence-electron chi connectivity index (χ3n) is 2.60. The standard InChI is InChI=1S/C11H20N4O2S2/c1-3-4-13-11(12-2)14-5-10-19(16,17)15-6-8-18-9-7-15/h1H,4-10H2,2H3,(H2,12,13,14). The summed E-state index contributed by atoms with van der Waals surface area (Å²) in [5.74, 6) is 4.76. The van der Waals surface area contributed by atoms with Gasteiger partial charge in [0.1, 0.15) is 0 Å². The Balaban J connectivity index is 2.36. The maximum absolute atomic E-state index is 12.1. The van der Waals surface area contributed by atoms with Crippen LogP contribution in [0.1, 0.15) is 0 Å². The van der Waals surface area contributed by atoms with Crippen LogP contribution >= 0.6 is 11.8 Å². The lowest BCUT2D eigenvalue weighted by molar-refractivity contribution is 0.443. The van der Waals surface area contributed by atoms with Crippen molar-refractivity contribution in [2.45, 2.75) is 0 Å². The summed E-state index contributed by atoms with van der Waals surface area (Å²) in [7, 11) is -1.56. The lowest BCUT2D eigenvalue weighted by Crippen LogP contribution is -2.44. The number of nitrogens with zero attached hydrogens (tertiary/aromatic N) is 2. The first-order valence-electron chi connectivity index (χ1n) is 6.03. The molecule has 1 fully saturated rings. The van der Waals surface area contributed by atoms with Crippen LogP contribution in [0.4, 0.5) is 0 Å². The zero-order valence-electron chi connectivity index (χ0n) is 11.1. The van der Waals surface area contributed by atoms with E-state index in [4.69, 9.17) is 6.42 Å². The van der Waals surface area contributed by atoms with Crippen molar-refractivity contribution >= 4 is 27.7 Å². The van der Waals surface area contributed by atoms with Crippen molar-refractivity contribution < 1.29 is 8.42 Å². The van der Waals surface area contributed by atoms with Crippen molar-refractivity contribution in [3.8, 4) is 12.3 Å². The van der Waals surface area contributed by atoms with Crippen LogP contribution in [0.3, 0.4) is 0 Å². The number of sulfonamides is 1. The van der Waals surface area contributed by atoms with E-state index in [1.807, 2.05) is 0 Å². The molecule has 2 N–H and O–H groups in total. The van der Waals surface area contributed by atoms with Gasteiger partial charge in [0.05, 0.1) is 12.3 Å². The first-order chi connectivity index (χ1) is 9.10. The quantitative estimate of drug-likeness (QED) is 0.394. The fraction of sp³-hybridized carbons (Fsp3) is 0.727. The molecular formula is C11H20N4O2S2. The molecule has 1 heterocycles. The Morgan fingerprint density at radius 2 is 2.11 bits per heavy atom. The van der Waals surface area contributed by atoms with E-state index < -0.39 is 10.0 Å². The minimum Gasteiger partial charge on any atom is -0.355 e. The SMILES string of the molecule is C#CCNC(=NC)NCCS(=O)(=O)N1CCSCC1. The van der Waals surface area contributed by atoms with E-state index in [-0.39, 0.29) is 5.75 Å². The van der Waals surface area contributed by atoms with Gasteiger partial charge in [0.15, 0.2) is 5.96 Å². The summed E-state index contributed by atoms with van der Waals surface area (Å²) in [6.45, 7) is 1.89. The van der Waals surface area contributed by atoms with Gasteiger partial charge in [0.2, 0.25) is 10.0 Å². The predicted octanol–water partition coefficient (Wildman–Crippen LogP) is -0.837. The van der Waals surface area contributed by atoms with Crippen molar-refractivity contribution in [2.75, 3.05) is 50.5 Å². The molecule has 0 amide bonds. The van der Waals surface area contributed by atoms with Gasteiger partial charge in [-0.3, -0.25) is 4.99 Å². The van der Waals surface area contributed by atoms with E-state index >= 15 is 0 Å². The van der Waals surface area contributed by atoms with E-state index in [1.165, 1.54) is 0 Å². The Bertz CT molecular complexity index is 436. The van der Waals surface area contributed by atoms with Crippen molar-refractivity contribution in [3.05, 3.63) is 0 Å². The highest BCUT2D eigenvalue weighted by molar-refractivity contribution is 7.99. The second-order valence-corrected chi connectivity index (χ2v) is 7.20. The van der Waals surface area contributed by atoms with Gasteiger partial charge in [0, 0.05) is 38.2 Å². The molecule has 1 aliphatic rings. The van der Waals surface area contributed by atoms with Crippen LogP contribution < -0.4 is 10.6 Å². The van der Waals surface area contributed by atoms with Crippen LogP contribution in [-0.4, -0.2) is 69.2 Å². The monoisotopic (exact) mass is 304 g/mol. The molecule has 0 unspecified atom stereocenters.